The molecule has 20 heavy (non-hydrogen) atoms. The van der Waals surface area contributed by atoms with Crippen molar-refractivity contribution in [2.45, 2.75) is 25.3 Å². The van der Waals surface area contributed by atoms with E-state index in [0.29, 0.717) is 12.5 Å². The van der Waals surface area contributed by atoms with Gasteiger partial charge in [-0.1, -0.05) is 18.2 Å². The summed E-state index contributed by atoms with van der Waals surface area (Å²) in [6.07, 6.45) is 4.58. The van der Waals surface area contributed by atoms with Gasteiger partial charge in [-0.2, -0.15) is 11.8 Å². The summed E-state index contributed by atoms with van der Waals surface area (Å²) in [5.74, 6) is 2.54. The number of aryl methyl sites for hydroxylation is 1. The molecule has 4 heteroatoms. The molecule has 1 fully saturated rings. The molecule has 0 radical (unpaired) electrons. The number of carbonyl (C=O) groups excluding carboxylic acids is 1. The van der Waals surface area contributed by atoms with Crippen LogP contribution < -0.4 is 0 Å². The van der Waals surface area contributed by atoms with Crippen LogP contribution in [0.5, 0.6) is 0 Å². The molecule has 1 aromatic heterocycles. The summed E-state index contributed by atoms with van der Waals surface area (Å²) in [5, 5.41) is 1.24. The van der Waals surface area contributed by atoms with Gasteiger partial charge >= 0.3 is 0 Å². The first-order valence-corrected chi connectivity index (χ1v) is 8.29. The predicted molar refractivity (Wildman–Crippen MR) is 85.1 cm³/mol. The van der Waals surface area contributed by atoms with Crippen molar-refractivity contribution < 1.29 is 4.79 Å². The van der Waals surface area contributed by atoms with Gasteiger partial charge in [-0.3, -0.25) is 4.79 Å². The van der Waals surface area contributed by atoms with Gasteiger partial charge < -0.3 is 9.88 Å². The second-order valence-corrected chi connectivity index (χ2v) is 6.53. The average Bonchev–Trinajstić information content (AvgIpc) is 3.13. The number of fused-ring (bicyclic) bond motifs is 1. The minimum absolute atomic E-state index is 0.266. The van der Waals surface area contributed by atoms with Crippen LogP contribution >= 0.6 is 11.8 Å². The van der Waals surface area contributed by atoms with Gasteiger partial charge in [0.15, 0.2) is 0 Å². The van der Waals surface area contributed by atoms with E-state index in [1.807, 2.05) is 42.0 Å². The van der Waals surface area contributed by atoms with Crippen LogP contribution in [-0.4, -0.2) is 40.4 Å². The van der Waals surface area contributed by atoms with E-state index in [4.69, 9.17) is 0 Å². The molecule has 106 valence electrons. The summed E-state index contributed by atoms with van der Waals surface area (Å²) in [6, 6.07) is 8.70. The van der Waals surface area contributed by atoms with Crippen molar-refractivity contribution >= 4 is 28.6 Å². The highest BCUT2D eigenvalue weighted by Crippen LogP contribution is 2.23. The maximum absolute atomic E-state index is 12.3. The van der Waals surface area contributed by atoms with E-state index in [2.05, 4.69) is 17.1 Å². The number of thioether (sulfide) groups is 1. The first-order valence-electron chi connectivity index (χ1n) is 7.14. The van der Waals surface area contributed by atoms with E-state index in [0.717, 1.165) is 24.1 Å². The van der Waals surface area contributed by atoms with E-state index in [-0.39, 0.29) is 5.91 Å². The molecule has 1 aromatic carbocycles. The Labute approximate surface area is 123 Å². The molecular formula is C16H20N2OS. The first-order chi connectivity index (χ1) is 9.75. The van der Waals surface area contributed by atoms with Crippen LogP contribution in [0.2, 0.25) is 0 Å². The third-order valence-corrected chi connectivity index (χ3v) is 5.27. The number of benzene rings is 1. The first kappa shape index (κ1) is 13.6. The van der Waals surface area contributed by atoms with Crippen molar-refractivity contribution in [3.05, 3.63) is 36.0 Å². The summed E-state index contributed by atoms with van der Waals surface area (Å²) >= 11 is 1.95. The van der Waals surface area contributed by atoms with Gasteiger partial charge in [0.2, 0.25) is 5.91 Å². The number of amides is 1. The lowest BCUT2D eigenvalue weighted by Gasteiger charge is -2.23. The largest absolute Gasteiger partial charge is 0.361 e. The molecule has 1 aliphatic rings. The zero-order chi connectivity index (χ0) is 13.9. The van der Waals surface area contributed by atoms with Crippen molar-refractivity contribution in [2.24, 2.45) is 0 Å². The zero-order valence-corrected chi connectivity index (χ0v) is 12.6. The van der Waals surface area contributed by atoms with E-state index >= 15 is 0 Å². The number of H-pyrrole nitrogens is 1. The van der Waals surface area contributed by atoms with Crippen LogP contribution in [0.25, 0.3) is 10.9 Å². The average molecular weight is 288 g/mol. The van der Waals surface area contributed by atoms with E-state index in [9.17, 15) is 4.79 Å². The van der Waals surface area contributed by atoms with Gasteiger partial charge in [0, 0.05) is 42.4 Å². The van der Waals surface area contributed by atoms with Crippen LogP contribution in [0.3, 0.4) is 0 Å². The lowest BCUT2D eigenvalue weighted by Crippen LogP contribution is -2.37. The SMILES string of the molecule is CN(C(=O)CCc1c[nH]c2ccccc12)C1CCSC1. The number of nitrogens with one attached hydrogen (secondary N) is 1. The van der Waals surface area contributed by atoms with E-state index < -0.39 is 0 Å². The molecule has 0 saturated carbocycles. The Balaban J connectivity index is 1.62. The quantitative estimate of drug-likeness (QED) is 0.938. The highest BCUT2D eigenvalue weighted by molar-refractivity contribution is 7.99. The van der Waals surface area contributed by atoms with Gasteiger partial charge in [0.05, 0.1) is 0 Å². The second kappa shape index (κ2) is 5.92. The van der Waals surface area contributed by atoms with Crippen LogP contribution in [0.4, 0.5) is 0 Å². The monoisotopic (exact) mass is 288 g/mol. The van der Waals surface area contributed by atoms with Crippen LogP contribution in [0.1, 0.15) is 18.4 Å². The number of aromatic nitrogens is 1. The Hall–Kier alpha value is -1.42. The summed E-state index contributed by atoms with van der Waals surface area (Å²) in [5.41, 5.74) is 2.39. The molecule has 1 aliphatic heterocycles. The number of nitrogens with zero attached hydrogens (tertiary/aromatic N) is 1. The molecule has 2 heterocycles. The van der Waals surface area contributed by atoms with Gasteiger partial charge in [0.25, 0.3) is 0 Å². The minimum Gasteiger partial charge on any atom is -0.361 e. The zero-order valence-electron chi connectivity index (χ0n) is 11.8. The molecule has 1 unspecified atom stereocenters. The Bertz CT molecular complexity index is 601. The summed E-state index contributed by atoms with van der Waals surface area (Å²) in [4.78, 5) is 17.5. The van der Waals surface area contributed by atoms with Gasteiger partial charge in [0.1, 0.15) is 0 Å². The Morgan fingerprint density at radius 3 is 3.10 bits per heavy atom. The molecule has 3 rings (SSSR count). The normalized spacial score (nSPS) is 18.6. The van der Waals surface area contributed by atoms with Crippen molar-refractivity contribution in [3.8, 4) is 0 Å². The fourth-order valence-electron chi connectivity index (χ4n) is 2.79. The standard InChI is InChI=1S/C16H20N2OS/c1-18(13-8-9-20-11-13)16(19)7-6-12-10-17-15-5-3-2-4-14(12)15/h2-5,10,13,17H,6-9,11H2,1H3. The molecule has 1 N–H and O–H groups in total. The lowest BCUT2D eigenvalue weighted by molar-refractivity contribution is -0.131. The van der Waals surface area contributed by atoms with E-state index in [1.54, 1.807) is 0 Å². The van der Waals surface area contributed by atoms with Crippen molar-refractivity contribution in [2.75, 3.05) is 18.6 Å². The highest BCUT2D eigenvalue weighted by Gasteiger charge is 2.23. The smallest absolute Gasteiger partial charge is 0.222 e. The molecular weight excluding hydrogens is 268 g/mol. The van der Waals surface area contributed by atoms with Crippen LogP contribution in [-0.2, 0) is 11.2 Å². The number of para-hydroxylation sites is 1. The van der Waals surface area contributed by atoms with Crippen LogP contribution in [0, 0.1) is 0 Å². The number of carbonyl (C=O) groups is 1. The maximum atomic E-state index is 12.3. The number of rotatable bonds is 4. The van der Waals surface area contributed by atoms with E-state index in [1.165, 1.54) is 16.7 Å². The number of hydrogen-bond acceptors (Lipinski definition) is 2. The third kappa shape index (κ3) is 2.70. The summed E-state index contributed by atoms with van der Waals surface area (Å²) in [7, 11) is 1.95. The Morgan fingerprint density at radius 2 is 2.30 bits per heavy atom. The second-order valence-electron chi connectivity index (χ2n) is 5.38. The van der Waals surface area contributed by atoms with Gasteiger partial charge in [-0.25, -0.2) is 0 Å². The Kier molecular flexibility index (Phi) is 4.01. The van der Waals surface area contributed by atoms with Crippen molar-refractivity contribution in [1.29, 1.82) is 0 Å². The van der Waals surface area contributed by atoms with Crippen molar-refractivity contribution in [3.63, 3.8) is 0 Å². The molecule has 0 spiro atoms. The molecule has 2 aromatic rings. The molecule has 0 aliphatic carbocycles. The molecule has 3 nitrogen and oxygen atoms in total. The predicted octanol–water partition coefficient (Wildman–Crippen LogP) is 3.06. The van der Waals surface area contributed by atoms with Gasteiger partial charge in [-0.05, 0) is 30.2 Å². The summed E-state index contributed by atoms with van der Waals surface area (Å²) in [6.45, 7) is 0. The molecule has 1 saturated heterocycles. The number of hydrogen-bond donors (Lipinski definition) is 1. The highest BCUT2D eigenvalue weighted by atomic mass is 32.2. The molecule has 1 atom stereocenters. The number of aromatic amines is 1. The fourth-order valence-corrected chi connectivity index (χ4v) is 4.06. The Morgan fingerprint density at radius 1 is 1.45 bits per heavy atom. The molecule has 0 bridgehead atoms. The summed E-state index contributed by atoms with van der Waals surface area (Å²) < 4.78 is 0. The topological polar surface area (TPSA) is 36.1 Å². The third-order valence-electron chi connectivity index (χ3n) is 4.13. The minimum atomic E-state index is 0.266. The molecule has 1 amide bonds. The van der Waals surface area contributed by atoms with Crippen molar-refractivity contribution in [1.82, 2.24) is 9.88 Å². The van der Waals surface area contributed by atoms with Gasteiger partial charge in [-0.15, -0.1) is 0 Å². The lowest BCUT2D eigenvalue weighted by atomic mass is 10.1. The van der Waals surface area contributed by atoms with Crippen LogP contribution in [0.15, 0.2) is 30.5 Å². The fraction of sp³-hybridized carbons (Fsp3) is 0.438. The maximum Gasteiger partial charge on any atom is 0.222 e.